The first-order chi connectivity index (χ1) is 5.59. The first kappa shape index (κ1) is 9.26. The molecule has 3 nitrogen and oxygen atoms in total. The van der Waals surface area contributed by atoms with Gasteiger partial charge in [-0.3, -0.25) is 0 Å². The van der Waals surface area contributed by atoms with Gasteiger partial charge in [0.2, 0.25) is 0 Å². The van der Waals surface area contributed by atoms with Gasteiger partial charge in [0, 0.05) is 12.0 Å². The van der Waals surface area contributed by atoms with Gasteiger partial charge in [-0.25, -0.2) is 4.79 Å². The van der Waals surface area contributed by atoms with Gasteiger partial charge in [-0.1, -0.05) is 6.58 Å². The topological polar surface area (TPSA) is 46.5 Å². The van der Waals surface area contributed by atoms with E-state index in [4.69, 9.17) is 9.84 Å². The molecule has 0 amide bonds. The van der Waals surface area contributed by atoms with Crippen molar-refractivity contribution in [2.45, 2.75) is 38.4 Å². The minimum atomic E-state index is -0.353. The predicted molar refractivity (Wildman–Crippen MR) is 44.6 cm³/mol. The Hall–Kier alpha value is -0.830. The van der Waals surface area contributed by atoms with Gasteiger partial charge in [-0.2, -0.15) is 0 Å². The van der Waals surface area contributed by atoms with Crippen LogP contribution in [-0.2, 0) is 9.53 Å². The molecule has 2 atom stereocenters. The van der Waals surface area contributed by atoms with E-state index in [0.29, 0.717) is 12.0 Å². The standard InChI is InChI=1S/C9H14O3/c1-6(2)9(11)12-8-4-3-7(10)5-8/h7-8,10H,1,3-5H2,2H3. The first-order valence-corrected chi connectivity index (χ1v) is 4.14. The van der Waals surface area contributed by atoms with Crippen molar-refractivity contribution in [1.29, 1.82) is 0 Å². The second kappa shape index (κ2) is 3.72. The third-order valence-corrected chi connectivity index (χ3v) is 1.98. The van der Waals surface area contributed by atoms with Gasteiger partial charge < -0.3 is 9.84 Å². The zero-order valence-electron chi connectivity index (χ0n) is 7.25. The van der Waals surface area contributed by atoms with Crippen LogP contribution in [0.2, 0.25) is 0 Å². The van der Waals surface area contributed by atoms with Crippen molar-refractivity contribution < 1.29 is 14.6 Å². The molecule has 0 aromatic rings. The Balaban J connectivity index is 2.32. The maximum atomic E-state index is 11.0. The molecule has 0 saturated heterocycles. The fourth-order valence-corrected chi connectivity index (χ4v) is 1.28. The third kappa shape index (κ3) is 2.34. The Morgan fingerprint density at radius 2 is 2.25 bits per heavy atom. The molecule has 3 heteroatoms. The average Bonchev–Trinajstić information content (AvgIpc) is 2.35. The van der Waals surface area contributed by atoms with Gasteiger partial charge in [-0.05, 0) is 19.8 Å². The minimum Gasteiger partial charge on any atom is -0.459 e. The van der Waals surface area contributed by atoms with Gasteiger partial charge in [0.05, 0.1) is 6.10 Å². The molecule has 12 heavy (non-hydrogen) atoms. The quantitative estimate of drug-likeness (QED) is 0.497. The van der Waals surface area contributed by atoms with Gasteiger partial charge in [0.25, 0.3) is 0 Å². The van der Waals surface area contributed by atoms with Crippen molar-refractivity contribution in [1.82, 2.24) is 0 Å². The normalized spacial score (nSPS) is 28.5. The van der Waals surface area contributed by atoms with E-state index in [1.165, 1.54) is 0 Å². The van der Waals surface area contributed by atoms with E-state index in [1.807, 2.05) is 0 Å². The van der Waals surface area contributed by atoms with Crippen LogP contribution in [0.5, 0.6) is 0 Å². The maximum absolute atomic E-state index is 11.0. The summed E-state index contributed by atoms with van der Waals surface area (Å²) in [6, 6.07) is 0. The maximum Gasteiger partial charge on any atom is 0.333 e. The molecule has 1 N–H and O–H groups in total. The first-order valence-electron chi connectivity index (χ1n) is 4.14. The van der Waals surface area contributed by atoms with E-state index in [9.17, 15) is 4.79 Å². The molecule has 0 heterocycles. The molecule has 1 fully saturated rings. The highest BCUT2D eigenvalue weighted by Gasteiger charge is 2.25. The van der Waals surface area contributed by atoms with Gasteiger partial charge in [-0.15, -0.1) is 0 Å². The van der Waals surface area contributed by atoms with Gasteiger partial charge in [0.15, 0.2) is 0 Å². The van der Waals surface area contributed by atoms with Crippen LogP contribution in [0.15, 0.2) is 12.2 Å². The van der Waals surface area contributed by atoms with Crippen LogP contribution in [0.25, 0.3) is 0 Å². The van der Waals surface area contributed by atoms with E-state index < -0.39 is 0 Å². The zero-order valence-corrected chi connectivity index (χ0v) is 7.25. The van der Waals surface area contributed by atoms with Crippen LogP contribution in [0.1, 0.15) is 26.2 Å². The molecular formula is C9H14O3. The molecule has 0 aromatic carbocycles. The smallest absolute Gasteiger partial charge is 0.333 e. The van der Waals surface area contributed by atoms with E-state index >= 15 is 0 Å². The summed E-state index contributed by atoms with van der Waals surface area (Å²) in [6.07, 6.45) is 1.66. The summed E-state index contributed by atoms with van der Waals surface area (Å²) in [5.74, 6) is -0.353. The number of carbonyl (C=O) groups excluding carboxylic acids is 1. The largest absolute Gasteiger partial charge is 0.459 e. The second-order valence-corrected chi connectivity index (χ2v) is 3.27. The van der Waals surface area contributed by atoms with Crippen LogP contribution in [0.4, 0.5) is 0 Å². The summed E-state index contributed by atoms with van der Waals surface area (Å²) in [4.78, 5) is 11.0. The molecule has 0 bridgehead atoms. The Kier molecular flexibility index (Phi) is 2.87. The summed E-state index contributed by atoms with van der Waals surface area (Å²) < 4.78 is 5.04. The predicted octanol–water partition coefficient (Wildman–Crippen LogP) is 1.02. The van der Waals surface area contributed by atoms with Crippen molar-refractivity contribution in [2.24, 2.45) is 0 Å². The summed E-state index contributed by atoms with van der Waals surface area (Å²) >= 11 is 0. The van der Waals surface area contributed by atoms with E-state index in [0.717, 1.165) is 12.8 Å². The Morgan fingerprint density at radius 1 is 1.58 bits per heavy atom. The number of aliphatic hydroxyl groups excluding tert-OH is 1. The van der Waals surface area contributed by atoms with Crippen LogP contribution < -0.4 is 0 Å². The van der Waals surface area contributed by atoms with Crippen molar-refractivity contribution in [3.8, 4) is 0 Å². The summed E-state index contributed by atoms with van der Waals surface area (Å²) in [7, 11) is 0. The van der Waals surface area contributed by atoms with Crippen molar-refractivity contribution in [2.75, 3.05) is 0 Å². The molecule has 2 unspecified atom stereocenters. The SMILES string of the molecule is C=C(C)C(=O)OC1CCC(O)C1. The molecule has 0 spiro atoms. The van der Waals surface area contributed by atoms with E-state index in [1.54, 1.807) is 6.92 Å². The highest BCUT2D eigenvalue weighted by Crippen LogP contribution is 2.22. The Bertz CT molecular complexity index is 198. The molecule has 0 aromatic heterocycles. The number of carbonyl (C=O) groups is 1. The fourth-order valence-electron chi connectivity index (χ4n) is 1.28. The Labute approximate surface area is 72.0 Å². The molecule has 1 aliphatic carbocycles. The number of rotatable bonds is 2. The fraction of sp³-hybridized carbons (Fsp3) is 0.667. The van der Waals surface area contributed by atoms with Crippen molar-refractivity contribution in [3.05, 3.63) is 12.2 Å². The summed E-state index contributed by atoms with van der Waals surface area (Å²) in [5.41, 5.74) is 0.413. The van der Waals surface area contributed by atoms with E-state index in [2.05, 4.69) is 6.58 Å². The highest BCUT2D eigenvalue weighted by molar-refractivity contribution is 5.87. The Morgan fingerprint density at radius 3 is 2.67 bits per heavy atom. The number of aliphatic hydroxyl groups is 1. The second-order valence-electron chi connectivity index (χ2n) is 3.27. The molecule has 68 valence electrons. The van der Waals surface area contributed by atoms with Crippen LogP contribution >= 0.6 is 0 Å². The number of ether oxygens (including phenoxy) is 1. The lowest BCUT2D eigenvalue weighted by Gasteiger charge is -2.10. The lowest BCUT2D eigenvalue weighted by atomic mass is 10.3. The summed E-state index contributed by atoms with van der Waals surface area (Å²) in [5, 5.41) is 9.14. The summed E-state index contributed by atoms with van der Waals surface area (Å²) in [6.45, 7) is 5.10. The lowest BCUT2D eigenvalue weighted by Crippen LogP contribution is -2.16. The van der Waals surface area contributed by atoms with Crippen molar-refractivity contribution >= 4 is 5.97 Å². The number of hydrogen-bond acceptors (Lipinski definition) is 3. The van der Waals surface area contributed by atoms with Gasteiger partial charge in [0.1, 0.15) is 6.10 Å². The molecule has 0 radical (unpaired) electrons. The monoisotopic (exact) mass is 170 g/mol. The van der Waals surface area contributed by atoms with Crippen LogP contribution in [0, 0.1) is 0 Å². The third-order valence-electron chi connectivity index (χ3n) is 1.98. The van der Waals surface area contributed by atoms with Crippen LogP contribution in [-0.4, -0.2) is 23.3 Å². The molecule has 1 aliphatic rings. The van der Waals surface area contributed by atoms with Crippen molar-refractivity contribution in [3.63, 3.8) is 0 Å². The van der Waals surface area contributed by atoms with Gasteiger partial charge >= 0.3 is 5.97 Å². The highest BCUT2D eigenvalue weighted by atomic mass is 16.5. The molecule has 1 rings (SSSR count). The minimum absolute atomic E-state index is 0.107. The lowest BCUT2D eigenvalue weighted by molar-refractivity contribution is -0.144. The number of hydrogen-bond donors (Lipinski definition) is 1. The molecular weight excluding hydrogens is 156 g/mol. The molecule has 0 aliphatic heterocycles. The average molecular weight is 170 g/mol. The zero-order chi connectivity index (χ0) is 9.14. The molecule has 1 saturated carbocycles. The van der Waals surface area contributed by atoms with Crippen LogP contribution in [0.3, 0.4) is 0 Å². The van der Waals surface area contributed by atoms with E-state index in [-0.39, 0.29) is 18.2 Å². The number of esters is 1.